The third-order valence-corrected chi connectivity index (χ3v) is 3.81. The van der Waals surface area contributed by atoms with Crippen LogP contribution in [0.25, 0.3) is 0 Å². The van der Waals surface area contributed by atoms with Crippen LogP contribution >= 0.6 is 15.9 Å². The minimum Gasteiger partial charge on any atom is -0.343 e. The Bertz CT molecular complexity index is 821. The van der Waals surface area contributed by atoms with Crippen molar-refractivity contribution in [1.29, 1.82) is 0 Å². The molecule has 0 bridgehead atoms. The van der Waals surface area contributed by atoms with Crippen LogP contribution in [0.15, 0.2) is 46.9 Å². The first-order valence-electron chi connectivity index (χ1n) is 7.57. The van der Waals surface area contributed by atoms with Crippen LogP contribution in [-0.4, -0.2) is 24.3 Å². The number of rotatable bonds is 5. The number of carbonyl (C=O) groups is 3. The van der Waals surface area contributed by atoms with E-state index in [4.69, 9.17) is 0 Å². The van der Waals surface area contributed by atoms with Crippen LogP contribution < -0.4 is 16.0 Å². The third-order valence-electron chi connectivity index (χ3n) is 3.32. The number of benzene rings is 2. The average Bonchev–Trinajstić information content (AvgIpc) is 2.55. The molecule has 3 amide bonds. The molecule has 0 saturated heterocycles. The van der Waals surface area contributed by atoms with Gasteiger partial charge in [-0.1, -0.05) is 22.0 Å². The van der Waals surface area contributed by atoms with Gasteiger partial charge in [0.25, 0.3) is 5.91 Å². The van der Waals surface area contributed by atoms with E-state index in [-0.39, 0.29) is 18.4 Å². The van der Waals surface area contributed by atoms with E-state index < -0.39 is 5.91 Å². The van der Waals surface area contributed by atoms with Crippen LogP contribution in [0.5, 0.6) is 0 Å². The zero-order valence-electron chi connectivity index (χ0n) is 13.9. The fraction of sp³-hybridized carbons (Fsp3) is 0.167. The zero-order valence-corrected chi connectivity index (χ0v) is 15.4. The normalized spacial score (nSPS) is 10.0. The van der Waals surface area contributed by atoms with Gasteiger partial charge >= 0.3 is 0 Å². The van der Waals surface area contributed by atoms with Gasteiger partial charge in [0.05, 0.1) is 6.54 Å². The predicted octanol–water partition coefficient (Wildman–Crippen LogP) is 3.08. The number of hydrogen-bond donors (Lipinski definition) is 3. The maximum Gasteiger partial charge on any atom is 0.251 e. The van der Waals surface area contributed by atoms with Gasteiger partial charge in [-0.05, 0) is 48.9 Å². The van der Waals surface area contributed by atoms with E-state index in [1.54, 1.807) is 30.3 Å². The van der Waals surface area contributed by atoms with Crippen molar-refractivity contribution in [3.8, 4) is 0 Å². The van der Waals surface area contributed by atoms with Crippen molar-refractivity contribution in [3.05, 3.63) is 58.1 Å². The summed E-state index contributed by atoms with van der Waals surface area (Å²) in [5, 5.41) is 7.91. The summed E-state index contributed by atoms with van der Waals surface area (Å²) in [7, 11) is 0. The van der Waals surface area contributed by atoms with E-state index in [0.717, 1.165) is 10.0 Å². The predicted molar refractivity (Wildman–Crippen MR) is 101 cm³/mol. The van der Waals surface area contributed by atoms with Crippen molar-refractivity contribution in [2.24, 2.45) is 0 Å². The molecule has 6 nitrogen and oxygen atoms in total. The number of nitrogens with one attached hydrogen (secondary N) is 3. The first-order chi connectivity index (χ1) is 11.8. The highest BCUT2D eigenvalue weighted by molar-refractivity contribution is 9.10. The average molecular weight is 404 g/mol. The Morgan fingerprint density at radius 3 is 2.48 bits per heavy atom. The largest absolute Gasteiger partial charge is 0.343 e. The molecule has 0 aliphatic carbocycles. The number of hydrogen-bond acceptors (Lipinski definition) is 3. The van der Waals surface area contributed by atoms with Crippen LogP contribution in [0.1, 0.15) is 22.8 Å². The maximum atomic E-state index is 12.1. The second-order valence-corrected chi connectivity index (χ2v) is 6.37. The van der Waals surface area contributed by atoms with Crippen molar-refractivity contribution in [1.82, 2.24) is 5.32 Å². The molecule has 0 unspecified atom stereocenters. The van der Waals surface area contributed by atoms with Crippen LogP contribution in [-0.2, 0) is 9.59 Å². The molecule has 0 aliphatic rings. The van der Waals surface area contributed by atoms with Gasteiger partial charge in [0.15, 0.2) is 0 Å². The number of amides is 3. The highest BCUT2D eigenvalue weighted by atomic mass is 79.9. The number of anilines is 2. The lowest BCUT2D eigenvalue weighted by molar-refractivity contribution is -0.115. The molecule has 25 heavy (non-hydrogen) atoms. The van der Waals surface area contributed by atoms with Crippen LogP contribution in [0, 0.1) is 6.92 Å². The lowest BCUT2D eigenvalue weighted by atomic mass is 10.2. The van der Waals surface area contributed by atoms with Crippen molar-refractivity contribution < 1.29 is 14.4 Å². The monoisotopic (exact) mass is 403 g/mol. The first kappa shape index (κ1) is 18.7. The summed E-state index contributed by atoms with van der Waals surface area (Å²) in [5.41, 5.74) is 2.49. The lowest BCUT2D eigenvalue weighted by Gasteiger charge is -2.10. The minimum atomic E-state index is -0.394. The molecule has 0 aliphatic heterocycles. The number of carbonyl (C=O) groups excluding carboxylic acids is 3. The second-order valence-electron chi connectivity index (χ2n) is 5.45. The molecule has 7 heteroatoms. The quantitative estimate of drug-likeness (QED) is 0.716. The molecule has 0 radical (unpaired) electrons. The van der Waals surface area contributed by atoms with Gasteiger partial charge in [0.1, 0.15) is 0 Å². The van der Waals surface area contributed by atoms with Crippen LogP contribution in [0.3, 0.4) is 0 Å². The van der Waals surface area contributed by atoms with Gasteiger partial charge in [0.2, 0.25) is 11.8 Å². The topological polar surface area (TPSA) is 87.3 Å². The van der Waals surface area contributed by atoms with E-state index in [1.165, 1.54) is 6.92 Å². The van der Waals surface area contributed by atoms with Gasteiger partial charge in [-0.25, -0.2) is 0 Å². The molecule has 0 spiro atoms. The Kier molecular flexibility index (Phi) is 6.30. The standard InChI is InChI=1S/C18H18BrN3O3/c1-11-8-14(19)6-7-16(11)22-17(24)10-20-18(25)13-4-3-5-15(9-13)21-12(2)23/h3-9H,10H2,1-2H3,(H,20,25)(H,21,23)(H,22,24). The summed E-state index contributed by atoms with van der Waals surface area (Å²) in [4.78, 5) is 35.2. The molecule has 0 heterocycles. The molecule has 130 valence electrons. The molecule has 2 aromatic rings. The Labute approximate surface area is 154 Å². The van der Waals surface area contributed by atoms with Gasteiger partial charge < -0.3 is 16.0 Å². The SMILES string of the molecule is CC(=O)Nc1cccc(C(=O)NCC(=O)Nc2ccc(Br)cc2C)c1. The van der Waals surface area contributed by atoms with Crippen molar-refractivity contribution in [3.63, 3.8) is 0 Å². The molecule has 0 aromatic heterocycles. The summed E-state index contributed by atoms with van der Waals surface area (Å²) >= 11 is 3.36. The van der Waals surface area contributed by atoms with E-state index in [2.05, 4.69) is 31.9 Å². The first-order valence-corrected chi connectivity index (χ1v) is 8.36. The molecule has 2 rings (SSSR count). The molecular weight excluding hydrogens is 386 g/mol. The Morgan fingerprint density at radius 1 is 1.04 bits per heavy atom. The summed E-state index contributed by atoms with van der Waals surface area (Å²) in [6.45, 7) is 3.12. The van der Waals surface area contributed by atoms with E-state index in [1.807, 2.05) is 19.1 Å². The lowest BCUT2D eigenvalue weighted by Crippen LogP contribution is -2.33. The van der Waals surface area contributed by atoms with E-state index >= 15 is 0 Å². The van der Waals surface area contributed by atoms with E-state index in [9.17, 15) is 14.4 Å². The molecule has 2 aromatic carbocycles. The van der Waals surface area contributed by atoms with Crippen LogP contribution in [0.2, 0.25) is 0 Å². The van der Waals surface area contributed by atoms with Gasteiger partial charge in [-0.15, -0.1) is 0 Å². The van der Waals surface area contributed by atoms with Crippen molar-refractivity contribution >= 4 is 45.0 Å². The van der Waals surface area contributed by atoms with Gasteiger partial charge in [-0.2, -0.15) is 0 Å². The summed E-state index contributed by atoms with van der Waals surface area (Å²) in [6, 6.07) is 12.0. The van der Waals surface area contributed by atoms with Crippen LogP contribution in [0.4, 0.5) is 11.4 Å². The third kappa shape index (κ3) is 5.72. The molecule has 0 atom stereocenters. The van der Waals surface area contributed by atoms with Crippen molar-refractivity contribution in [2.45, 2.75) is 13.8 Å². The maximum absolute atomic E-state index is 12.1. The Morgan fingerprint density at radius 2 is 1.80 bits per heavy atom. The Balaban J connectivity index is 1.93. The van der Waals surface area contributed by atoms with Crippen molar-refractivity contribution in [2.75, 3.05) is 17.2 Å². The summed E-state index contributed by atoms with van der Waals surface area (Å²) < 4.78 is 0.926. The number of aryl methyl sites for hydroxylation is 1. The second kappa shape index (κ2) is 8.43. The highest BCUT2D eigenvalue weighted by Gasteiger charge is 2.10. The Hall–Kier alpha value is -2.67. The molecule has 3 N–H and O–H groups in total. The smallest absolute Gasteiger partial charge is 0.251 e. The molecule has 0 fully saturated rings. The molecule has 0 saturated carbocycles. The van der Waals surface area contributed by atoms with Gasteiger partial charge in [-0.3, -0.25) is 14.4 Å². The molecular formula is C18H18BrN3O3. The highest BCUT2D eigenvalue weighted by Crippen LogP contribution is 2.19. The fourth-order valence-electron chi connectivity index (χ4n) is 2.17. The van der Waals surface area contributed by atoms with Gasteiger partial charge in [0, 0.05) is 28.3 Å². The fourth-order valence-corrected chi connectivity index (χ4v) is 2.64. The number of halogens is 1. The summed E-state index contributed by atoms with van der Waals surface area (Å²) in [5.74, 6) is -0.937. The van der Waals surface area contributed by atoms with E-state index in [0.29, 0.717) is 16.9 Å². The minimum absolute atomic E-state index is 0.154. The zero-order chi connectivity index (χ0) is 18.4. The summed E-state index contributed by atoms with van der Waals surface area (Å²) in [6.07, 6.45) is 0.